The molecular weight excluding hydrogens is 335 g/mol. The van der Waals surface area contributed by atoms with Crippen molar-refractivity contribution in [2.45, 2.75) is 32.6 Å². The fraction of sp³-hybridized carbons (Fsp3) is 0.579. The van der Waals surface area contributed by atoms with Crippen molar-refractivity contribution in [1.82, 2.24) is 15.5 Å². The number of ether oxygens (including phenoxy) is 1. The van der Waals surface area contributed by atoms with Gasteiger partial charge in [-0.15, -0.1) is 0 Å². The molecule has 0 aliphatic carbocycles. The molecule has 26 heavy (non-hydrogen) atoms. The lowest BCUT2D eigenvalue weighted by molar-refractivity contribution is -0.127. The van der Waals surface area contributed by atoms with Gasteiger partial charge in [0.1, 0.15) is 11.6 Å². The van der Waals surface area contributed by atoms with Crippen molar-refractivity contribution in [3.8, 4) is 5.75 Å². The summed E-state index contributed by atoms with van der Waals surface area (Å²) in [6.45, 7) is 6.46. The Morgan fingerprint density at radius 3 is 2.77 bits per heavy atom. The molecule has 0 spiro atoms. The van der Waals surface area contributed by atoms with Crippen LogP contribution >= 0.6 is 0 Å². The van der Waals surface area contributed by atoms with Gasteiger partial charge in [-0.2, -0.15) is 0 Å². The topological polar surface area (TPSA) is 66.0 Å². The van der Waals surface area contributed by atoms with Crippen LogP contribution in [0.3, 0.4) is 0 Å². The second-order valence-electron chi connectivity index (χ2n) is 6.18. The van der Waals surface area contributed by atoms with Crippen LogP contribution in [-0.2, 0) is 4.79 Å². The fourth-order valence-corrected chi connectivity index (χ4v) is 2.74. The Kier molecular flexibility index (Phi) is 8.72. The summed E-state index contributed by atoms with van der Waals surface area (Å²) in [6, 6.07) is 6.01. The lowest BCUT2D eigenvalue weighted by Crippen LogP contribution is -2.39. The standard InChI is InChI=1S/C19H29FN4O2/c1-2-21-19(22-11-4-14-24-13-3-6-18(24)25)23-12-5-15-26-17-9-7-16(20)8-10-17/h7-10H,2-6,11-15H2,1H3,(H2,21,22,23). The molecule has 0 aromatic heterocycles. The molecule has 0 atom stereocenters. The van der Waals surface area contributed by atoms with Crippen molar-refractivity contribution < 1.29 is 13.9 Å². The minimum Gasteiger partial charge on any atom is -0.494 e. The minimum absolute atomic E-state index is 0.266. The van der Waals surface area contributed by atoms with E-state index in [1.54, 1.807) is 12.1 Å². The molecule has 1 amide bonds. The lowest BCUT2D eigenvalue weighted by Gasteiger charge is -2.16. The molecule has 0 unspecified atom stereocenters. The first-order valence-electron chi connectivity index (χ1n) is 9.37. The second-order valence-corrected chi connectivity index (χ2v) is 6.18. The number of nitrogens with one attached hydrogen (secondary N) is 2. The quantitative estimate of drug-likeness (QED) is 0.379. The predicted molar refractivity (Wildman–Crippen MR) is 101 cm³/mol. The minimum atomic E-state index is -0.266. The molecule has 144 valence electrons. The molecule has 2 rings (SSSR count). The van der Waals surface area contributed by atoms with Crippen LogP contribution in [0.5, 0.6) is 5.75 Å². The van der Waals surface area contributed by atoms with Gasteiger partial charge in [0.15, 0.2) is 5.96 Å². The summed E-state index contributed by atoms with van der Waals surface area (Å²) in [5, 5.41) is 6.50. The molecule has 1 aliphatic rings. The summed E-state index contributed by atoms with van der Waals surface area (Å²) >= 11 is 0. The van der Waals surface area contributed by atoms with E-state index >= 15 is 0 Å². The molecule has 1 saturated heterocycles. The van der Waals surface area contributed by atoms with Gasteiger partial charge in [-0.25, -0.2) is 4.39 Å². The maximum absolute atomic E-state index is 12.8. The van der Waals surface area contributed by atoms with Crippen LogP contribution in [-0.4, -0.2) is 56.1 Å². The van der Waals surface area contributed by atoms with Crippen molar-refractivity contribution in [2.75, 3.05) is 39.3 Å². The summed E-state index contributed by atoms with van der Waals surface area (Å²) in [7, 11) is 0. The number of halogens is 1. The molecule has 0 radical (unpaired) electrons. The van der Waals surface area contributed by atoms with Gasteiger partial charge < -0.3 is 20.3 Å². The molecule has 1 aromatic carbocycles. The van der Waals surface area contributed by atoms with E-state index in [1.165, 1.54) is 12.1 Å². The average molecular weight is 364 g/mol. The first kappa shape index (κ1) is 20.0. The number of aliphatic imine (C=N–C) groups is 1. The van der Waals surface area contributed by atoms with Crippen molar-refractivity contribution in [1.29, 1.82) is 0 Å². The van der Waals surface area contributed by atoms with Crippen LogP contribution in [0.2, 0.25) is 0 Å². The number of guanidine groups is 1. The molecule has 1 heterocycles. The van der Waals surface area contributed by atoms with Gasteiger partial charge in [-0.05, 0) is 44.0 Å². The normalized spacial score (nSPS) is 14.6. The molecular formula is C19H29FN4O2. The number of benzene rings is 1. The molecule has 1 aliphatic heterocycles. The Labute approximate surface area is 154 Å². The Morgan fingerprint density at radius 2 is 2.08 bits per heavy atom. The maximum Gasteiger partial charge on any atom is 0.222 e. The highest BCUT2D eigenvalue weighted by Crippen LogP contribution is 2.11. The summed E-state index contributed by atoms with van der Waals surface area (Å²) in [5.74, 6) is 1.45. The van der Waals surface area contributed by atoms with Crippen LogP contribution in [0, 0.1) is 5.82 Å². The van der Waals surface area contributed by atoms with Crippen LogP contribution in [0.4, 0.5) is 4.39 Å². The Hall–Kier alpha value is -2.31. The first-order valence-corrected chi connectivity index (χ1v) is 9.37. The SMILES string of the molecule is CCNC(=NCCCOc1ccc(F)cc1)NCCCN1CCCC1=O. The van der Waals surface area contributed by atoms with Crippen molar-refractivity contribution in [3.05, 3.63) is 30.1 Å². The molecule has 0 saturated carbocycles. The number of amides is 1. The van der Waals surface area contributed by atoms with E-state index in [4.69, 9.17) is 4.74 Å². The Balaban J connectivity index is 1.60. The molecule has 7 heteroatoms. The van der Waals surface area contributed by atoms with E-state index in [1.807, 2.05) is 11.8 Å². The summed E-state index contributed by atoms with van der Waals surface area (Å²) in [5.41, 5.74) is 0. The van der Waals surface area contributed by atoms with Crippen molar-refractivity contribution >= 4 is 11.9 Å². The number of carbonyl (C=O) groups is 1. The third-order valence-corrected chi connectivity index (χ3v) is 4.07. The number of hydrogen-bond donors (Lipinski definition) is 2. The monoisotopic (exact) mass is 364 g/mol. The van der Waals surface area contributed by atoms with Gasteiger partial charge in [-0.3, -0.25) is 9.79 Å². The number of carbonyl (C=O) groups excluding carboxylic acids is 1. The van der Waals surface area contributed by atoms with Crippen LogP contribution in [0.25, 0.3) is 0 Å². The van der Waals surface area contributed by atoms with E-state index in [9.17, 15) is 9.18 Å². The molecule has 2 N–H and O–H groups in total. The molecule has 1 fully saturated rings. The summed E-state index contributed by atoms with van der Waals surface area (Å²) in [4.78, 5) is 18.0. The molecule has 0 bridgehead atoms. The largest absolute Gasteiger partial charge is 0.494 e. The Morgan fingerprint density at radius 1 is 1.27 bits per heavy atom. The van der Waals surface area contributed by atoms with Gasteiger partial charge >= 0.3 is 0 Å². The van der Waals surface area contributed by atoms with Gasteiger partial charge in [-0.1, -0.05) is 0 Å². The summed E-state index contributed by atoms with van der Waals surface area (Å²) in [6.07, 6.45) is 3.36. The third-order valence-electron chi connectivity index (χ3n) is 4.07. The van der Waals surface area contributed by atoms with E-state index < -0.39 is 0 Å². The smallest absolute Gasteiger partial charge is 0.222 e. The number of nitrogens with zero attached hydrogens (tertiary/aromatic N) is 2. The first-order chi connectivity index (χ1) is 12.7. The van der Waals surface area contributed by atoms with E-state index in [0.717, 1.165) is 51.4 Å². The number of rotatable bonds is 10. The highest BCUT2D eigenvalue weighted by molar-refractivity contribution is 5.79. The van der Waals surface area contributed by atoms with Gasteiger partial charge in [0.2, 0.25) is 5.91 Å². The summed E-state index contributed by atoms with van der Waals surface area (Å²) < 4.78 is 18.4. The highest BCUT2D eigenvalue weighted by Gasteiger charge is 2.18. The zero-order valence-electron chi connectivity index (χ0n) is 15.5. The van der Waals surface area contributed by atoms with E-state index in [0.29, 0.717) is 25.3 Å². The highest BCUT2D eigenvalue weighted by atomic mass is 19.1. The second kappa shape index (κ2) is 11.3. The predicted octanol–water partition coefficient (Wildman–Crippen LogP) is 2.16. The van der Waals surface area contributed by atoms with Gasteiger partial charge in [0, 0.05) is 45.6 Å². The van der Waals surface area contributed by atoms with Crippen LogP contribution < -0.4 is 15.4 Å². The average Bonchev–Trinajstić information content (AvgIpc) is 3.05. The van der Waals surface area contributed by atoms with E-state index in [-0.39, 0.29) is 11.7 Å². The lowest BCUT2D eigenvalue weighted by atomic mass is 10.3. The molecule has 1 aromatic rings. The zero-order chi connectivity index (χ0) is 18.6. The third kappa shape index (κ3) is 7.29. The Bertz CT molecular complexity index is 577. The fourth-order valence-electron chi connectivity index (χ4n) is 2.74. The maximum atomic E-state index is 12.8. The zero-order valence-corrected chi connectivity index (χ0v) is 15.5. The van der Waals surface area contributed by atoms with Gasteiger partial charge in [0.05, 0.1) is 6.61 Å². The van der Waals surface area contributed by atoms with Crippen molar-refractivity contribution in [2.24, 2.45) is 4.99 Å². The number of likely N-dealkylation sites (tertiary alicyclic amines) is 1. The number of hydrogen-bond acceptors (Lipinski definition) is 3. The molecule has 6 nitrogen and oxygen atoms in total. The van der Waals surface area contributed by atoms with Gasteiger partial charge in [0.25, 0.3) is 0 Å². The van der Waals surface area contributed by atoms with E-state index in [2.05, 4.69) is 15.6 Å². The van der Waals surface area contributed by atoms with Crippen LogP contribution in [0.15, 0.2) is 29.3 Å². The van der Waals surface area contributed by atoms with Crippen LogP contribution in [0.1, 0.15) is 32.6 Å². The van der Waals surface area contributed by atoms with Crippen molar-refractivity contribution in [3.63, 3.8) is 0 Å².